The number of hydrogen-bond donors (Lipinski definition) is 2. The van der Waals surface area contributed by atoms with Crippen molar-refractivity contribution in [2.75, 3.05) is 33.4 Å². The zero-order valence-electron chi connectivity index (χ0n) is 12.9. The molecule has 1 heterocycles. The van der Waals surface area contributed by atoms with E-state index in [1.54, 1.807) is 0 Å². The number of carbonyl (C=O) groups is 1. The number of halogens is 2. The summed E-state index contributed by atoms with van der Waals surface area (Å²) in [5, 5.41) is 6.79. The molecule has 1 fully saturated rings. The molecule has 1 aliphatic rings. The van der Waals surface area contributed by atoms with Crippen LogP contribution in [0.5, 0.6) is 0 Å². The van der Waals surface area contributed by atoms with E-state index in [9.17, 15) is 4.79 Å². The maximum atomic E-state index is 11.9. The summed E-state index contributed by atoms with van der Waals surface area (Å²) in [6.07, 6.45) is 2.30. The van der Waals surface area contributed by atoms with Crippen LogP contribution in [0.1, 0.15) is 24.8 Å². The third-order valence-corrected chi connectivity index (χ3v) is 4.35. The van der Waals surface area contributed by atoms with Gasteiger partial charge in [0.1, 0.15) is 0 Å². The van der Waals surface area contributed by atoms with Crippen molar-refractivity contribution >= 4 is 29.9 Å². The van der Waals surface area contributed by atoms with Crippen LogP contribution in [-0.2, 0) is 14.9 Å². The lowest BCUT2D eigenvalue weighted by Gasteiger charge is -2.38. The van der Waals surface area contributed by atoms with Crippen LogP contribution in [0.25, 0.3) is 0 Å². The van der Waals surface area contributed by atoms with Gasteiger partial charge in [-0.3, -0.25) is 4.79 Å². The van der Waals surface area contributed by atoms with Gasteiger partial charge in [-0.15, -0.1) is 12.4 Å². The highest BCUT2D eigenvalue weighted by Crippen LogP contribution is 2.35. The summed E-state index contributed by atoms with van der Waals surface area (Å²) in [7, 11) is 1.85. The third-order valence-electron chi connectivity index (χ3n) is 4.11. The second kappa shape index (κ2) is 9.36. The van der Waals surface area contributed by atoms with Crippen molar-refractivity contribution in [3.8, 4) is 0 Å². The number of rotatable bonds is 6. The molecule has 1 aliphatic heterocycles. The molecule has 2 rings (SSSR count). The SMILES string of the molecule is CNCCC(=O)NCC1(c2cccc(Cl)c2)CCOCC1.Cl. The van der Waals surface area contributed by atoms with E-state index in [1.165, 1.54) is 5.56 Å². The molecule has 0 aromatic heterocycles. The lowest BCUT2D eigenvalue weighted by molar-refractivity contribution is -0.121. The van der Waals surface area contributed by atoms with Crippen molar-refractivity contribution in [1.82, 2.24) is 10.6 Å². The minimum atomic E-state index is -0.0710. The highest BCUT2D eigenvalue weighted by molar-refractivity contribution is 6.30. The minimum absolute atomic E-state index is 0. The van der Waals surface area contributed by atoms with Gasteiger partial charge >= 0.3 is 0 Å². The Labute approximate surface area is 143 Å². The molecule has 0 saturated carbocycles. The molecule has 0 spiro atoms. The fraction of sp³-hybridized carbons (Fsp3) is 0.562. The number of amides is 1. The minimum Gasteiger partial charge on any atom is -0.381 e. The van der Waals surface area contributed by atoms with E-state index in [0.29, 0.717) is 19.5 Å². The summed E-state index contributed by atoms with van der Waals surface area (Å²) in [5.41, 5.74) is 1.12. The van der Waals surface area contributed by atoms with Crippen LogP contribution in [0.15, 0.2) is 24.3 Å². The van der Waals surface area contributed by atoms with Gasteiger partial charge in [-0.1, -0.05) is 23.7 Å². The van der Waals surface area contributed by atoms with Gasteiger partial charge in [-0.2, -0.15) is 0 Å². The first-order valence-corrected chi connectivity index (χ1v) is 7.79. The number of benzene rings is 1. The van der Waals surface area contributed by atoms with Gasteiger partial charge in [0, 0.05) is 43.2 Å². The predicted octanol–water partition coefficient (Wildman–Crippen LogP) is 2.54. The van der Waals surface area contributed by atoms with Crippen molar-refractivity contribution in [3.63, 3.8) is 0 Å². The van der Waals surface area contributed by atoms with Gasteiger partial charge < -0.3 is 15.4 Å². The topological polar surface area (TPSA) is 50.4 Å². The predicted molar refractivity (Wildman–Crippen MR) is 92.0 cm³/mol. The van der Waals surface area contributed by atoms with Gasteiger partial charge in [0.25, 0.3) is 0 Å². The second-order valence-corrected chi connectivity index (χ2v) is 5.97. The maximum absolute atomic E-state index is 11.9. The van der Waals surface area contributed by atoms with Gasteiger partial charge in [-0.25, -0.2) is 0 Å². The highest BCUT2D eigenvalue weighted by Gasteiger charge is 2.34. The molecular formula is C16H24Cl2N2O2. The quantitative estimate of drug-likeness (QED) is 0.832. The lowest BCUT2D eigenvalue weighted by Crippen LogP contribution is -2.45. The highest BCUT2D eigenvalue weighted by atomic mass is 35.5. The van der Waals surface area contributed by atoms with E-state index in [4.69, 9.17) is 16.3 Å². The van der Waals surface area contributed by atoms with Crippen LogP contribution in [-0.4, -0.2) is 39.3 Å². The van der Waals surface area contributed by atoms with E-state index in [1.807, 2.05) is 25.2 Å². The van der Waals surface area contributed by atoms with Gasteiger partial charge in [-0.05, 0) is 37.6 Å². The molecular weight excluding hydrogens is 323 g/mol. The summed E-state index contributed by atoms with van der Waals surface area (Å²) in [6, 6.07) is 7.95. The van der Waals surface area contributed by atoms with Crippen molar-refractivity contribution in [2.45, 2.75) is 24.7 Å². The normalized spacial score (nSPS) is 16.6. The van der Waals surface area contributed by atoms with Crippen molar-refractivity contribution < 1.29 is 9.53 Å². The zero-order chi connectivity index (χ0) is 15.1. The number of carbonyl (C=O) groups excluding carboxylic acids is 1. The molecule has 1 amide bonds. The standard InChI is InChI=1S/C16H23ClN2O2.ClH/c1-18-8-5-15(20)19-12-16(6-9-21-10-7-16)13-3-2-4-14(17)11-13;/h2-4,11,18H,5-10,12H2,1H3,(H,19,20);1H. The van der Waals surface area contributed by atoms with E-state index >= 15 is 0 Å². The second-order valence-electron chi connectivity index (χ2n) is 5.53. The Hall–Kier alpha value is -0.810. The molecule has 0 atom stereocenters. The van der Waals surface area contributed by atoms with E-state index in [0.717, 1.165) is 31.1 Å². The first-order valence-electron chi connectivity index (χ1n) is 7.41. The Morgan fingerprint density at radius 1 is 1.36 bits per heavy atom. The van der Waals surface area contributed by atoms with Crippen molar-refractivity contribution in [1.29, 1.82) is 0 Å². The van der Waals surface area contributed by atoms with Crippen LogP contribution >= 0.6 is 24.0 Å². The Kier molecular flexibility index (Phi) is 8.18. The average Bonchev–Trinajstić information content (AvgIpc) is 2.52. The van der Waals surface area contributed by atoms with Crippen molar-refractivity contribution in [3.05, 3.63) is 34.9 Å². The van der Waals surface area contributed by atoms with Gasteiger partial charge in [0.15, 0.2) is 0 Å². The van der Waals surface area contributed by atoms with Crippen LogP contribution in [0.2, 0.25) is 5.02 Å². The molecule has 4 nitrogen and oxygen atoms in total. The van der Waals surface area contributed by atoms with E-state index in [-0.39, 0.29) is 23.7 Å². The van der Waals surface area contributed by atoms with Gasteiger partial charge in [0.05, 0.1) is 0 Å². The molecule has 6 heteroatoms. The Morgan fingerprint density at radius 2 is 2.09 bits per heavy atom. The molecule has 0 bridgehead atoms. The third kappa shape index (κ3) is 5.13. The number of ether oxygens (including phenoxy) is 1. The first kappa shape index (κ1) is 19.2. The van der Waals surface area contributed by atoms with Crippen LogP contribution < -0.4 is 10.6 Å². The molecule has 1 aromatic rings. The monoisotopic (exact) mass is 346 g/mol. The summed E-state index contributed by atoms with van der Waals surface area (Å²) >= 11 is 6.13. The first-order chi connectivity index (χ1) is 10.2. The molecule has 2 N–H and O–H groups in total. The zero-order valence-corrected chi connectivity index (χ0v) is 14.4. The Bertz CT molecular complexity index is 477. The molecule has 0 radical (unpaired) electrons. The smallest absolute Gasteiger partial charge is 0.221 e. The fourth-order valence-electron chi connectivity index (χ4n) is 2.74. The van der Waals surface area contributed by atoms with E-state index in [2.05, 4.69) is 16.7 Å². The van der Waals surface area contributed by atoms with Crippen LogP contribution in [0.3, 0.4) is 0 Å². The summed E-state index contributed by atoms with van der Waals surface area (Å²) in [4.78, 5) is 11.9. The maximum Gasteiger partial charge on any atom is 0.221 e. The molecule has 1 aromatic carbocycles. The Morgan fingerprint density at radius 3 is 2.73 bits per heavy atom. The molecule has 22 heavy (non-hydrogen) atoms. The number of nitrogens with one attached hydrogen (secondary N) is 2. The largest absolute Gasteiger partial charge is 0.381 e. The lowest BCUT2D eigenvalue weighted by atomic mass is 9.74. The average molecular weight is 347 g/mol. The van der Waals surface area contributed by atoms with Gasteiger partial charge in [0.2, 0.25) is 5.91 Å². The van der Waals surface area contributed by atoms with Crippen LogP contribution in [0, 0.1) is 0 Å². The Balaban J connectivity index is 0.00000242. The summed E-state index contributed by atoms with van der Waals surface area (Å²) in [6.45, 7) is 2.77. The molecule has 0 aliphatic carbocycles. The molecule has 1 saturated heterocycles. The van der Waals surface area contributed by atoms with Crippen LogP contribution in [0.4, 0.5) is 0 Å². The van der Waals surface area contributed by atoms with Crippen molar-refractivity contribution in [2.24, 2.45) is 0 Å². The number of hydrogen-bond acceptors (Lipinski definition) is 3. The fourth-order valence-corrected chi connectivity index (χ4v) is 2.93. The van der Waals surface area contributed by atoms with E-state index < -0.39 is 0 Å². The molecule has 0 unspecified atom stereocenters. The summed E-state index contributed by atoms with van der Waals surface area (Å²) < 4.78 is 5.49. The molecule has 124 valence electrons. The summed E-state index contributed by atoms with van der Waals surface area (Å²) in [5.74, 6) is 0.0808.